The first-order valence-electron chi connectivity index (χ1n) is 4.77. The standard InChI is InChI=1S/C9H17N2/c1-11(2)6-7-3-4-8(7)10-5-9(10)11/h7-9H,3-6H2,1-2H3/q+1. The molecule has 0 aromatic rings. The van der Waals surface area contributed by atoms with Gasteiger partial charge in [0.1, 0.15) is 0 Å². The van der Waals surface area contributed by atoms with Gasteiger partial charge >= 0.3 is 0 Å². The van der Waals surface area contributed by atoms with Crippen LogP contribution in [0.25, 0.3) is 0 Å². The smallest absolute Gasteiger partial charge is 0.158 e. The molecular weight excluding hydrogens is 136 g/mol. The van der Waals surface area contributed by atoms with E-state index in [1.165, 1.54) is 30.4 Å². The Kier molecular flexibility index (Phi) is 0.961. The molecule has 2 nitrogen and oxygen atoms in total. The van der Waals surface area contributed by atoms with Crippen molar-refractivity contribution in [2.24, 2.45) is 5.92 Å². The van der Waals surface area contributed by atoms with Crippen LogP contribution in [0.3, 0.4) is 0 Å². The molecule has 0 bridgehead atoms. The van der Waals surface area contributed by atoms with E-state index in [4.69, 9.17) is 0 Å². The van der Waals surface area contributed by atoms with Crippen LogP contribution in [0, 0.1) is 5.92 Å². The summed E-state index contributed by atoms with van der Waals surface area (Å²) in [4.78, 5) is 2.71. The van der Waals surface area contributed by atoms with E-state index in [0.717, 1.165) is 18.1 Å². The highest BCUT2D eigenvalue weighted by molar-refractivity contribution is 5.01. The summed E-state index contributed by atoms with van der Waals surface area (Å²) in [5.41, 5.74) is 0. The molecule has 4 atom stereocenters. The van der Waals surface area contributed by atoms with Gasteiger partial charge in [-0.1, -0.05) is 0 Å². The largest absolute Gasteiger partial charge is 0.312 e. The maximum Gasteiger partial charge on any atom is 0.158 e. The van der Waals surface area contributed by atoms with Gasteiger partial charge in [-0.05, 0) is 12.8 Å². The molecule has 0 radical (unpaired) electrons. The molecule has 0 aromatic carbocycles. The van der Waals surface area contributed by atoms with Gasteiger partial charge in [0.15, 0.2) is 6.17 Å². The molecule has 1 saturated carbocycles. The first kappa shape index (κ1) is 6.44. The third-order valence-corrected chi connectivity index (χ3v) is 3.94. The van der Waals surface area contributed by atoms with Crippen LogP contribution in [0.4, 0.5) is 0 Å². The Bertz CT molecular complexity index is 198. The Balaban J connectivity index is 1.86. The predicted molar refractivity (Wildman–Crippen MR) is 44.0 cm³/mol. The van der Waals surface area contributed by atoms with Gasteiger partial charge in [0.25, 0.3) is 0 Å². The Labute approximate surface area is 68.4 Å². The molecule has 0 spiro atoms. The van der Waals surface area contributed by atoms with Crippen molar-refractivity contribution in [2.45, 2.75) is 25.0 Å². The van der Waals surface area contributed by atoms with Gasteiger partial charge in [-0.25, -0.2) is 4.90 Å². The molecule has 4 unspecified atom stereocenters. The maximum absolute atomic E-state index is 2.71. The summed E-state index contributed by atoms with van der Waals surface area (Å²) in [6.45, 7) is 2.82. The molecule has 2 heterocycles. The van der Waals surface area contributed by atoms with Crippen LogP contribution in [0.5, 0.6) is 0 Å². The predicted octanol–water partition coefficient (Wildman–Crippen LogP) is 0.497. The fraction of sp³-hybridized carbons (Fsp3) is 1.00. The van der Waals surface area contributed by atoms with Gasteiger partial charge in [-0.2, -0.15) is 0 Å². The number of hydrogen-bond acceptors (Lipinski definition) is 1. The fourth-order valence-electron chi connectivity index (χ4n) is 3.05. The average Bonchev–Trinajstić information content (AvgIpc) is 2.58. The van der Waals surface area contributed by atoms with Crippen LogP contribution in [-0.4, -0.2) is 48.8 Å². The first-order chi connectivity index (χ1) is 5.18. The summed E-state index contributed by atoms with van der Waals surface area (Å²) in [6.07, 6.45) is 3.88. The third-order valence-electron chi connectivity index (χ3n) is 3.94. The monoisotopic (exact) mass is 153 g/mol. The summed E-state index contributed by atoms with van der Waals surface area (Å²) < 4.78 is 1.27. The van der Waals surface area contributed by atoms with Crippen LogP contribution >= 0.6 is 0 Å². The molecule has 2 heteroatoms. The van der Waals surface area contributed by atoms with Gasteiger partial charge in [-0.15, -0.1) is 0 Å². The zero-order chi connectivity index (χ0) is 7.64. The van der Waals surface area contributed by atoms with Gasteiger partial charge in [0, 0.05) is 12.0 Å². The van der Waals surface area contributed by atoms with E-state index < -0.39 is 0 Å². The Morgan fingerprint density at radius 3 is 2.73 bits per heavy atom. The minimum atomic E-state index is 0.900. The average molecular weight is 153 g/mol. The molecule has 11 heavy (non-hydrogen) atoms. The van der Waals surface area contributed by atoms with Gasteiger partial charge in [0.05, 0.1) is 27.2 Å². The third kappa shape index (κ3) is 0.695. The minimum Gasteiger partial charge on any atom is -0.312 e. The molecule has 1 aliphatic carbocycles. The van der Waals surface area contributed by atoms with Crippen LogP contribution in [0.1, 0.15) is 12.8 Å². The topological polar surface area (TPSA) is 3.01 Å². The highest BCUT2D eigenvalue weighted by Gasteiger charge is 2.60. The van der Waals surface area contributed by atoms with E-state index in [1.54, 1.807) is 0 Å². The van der Waals surface area contributed by atoms with Crippen molar-refractivity contribution in [1.29, 1.82) is 0 Å². The lowest BCUT2D eigenvalue weighted by atomic mass is 9.77. The number of nitrogens with zero attached hydrogens (tertiary/aromatic N) is 2. The van der Waals surface area contributed by atoms with Gasteiger partial charge in [0.2, 0.25) is 0 Å². The summed E-state index contributed by atoms with van der Waals surface area (Å²) in [5, 5.41) is 0. The molecule has 0 aromatic heterocycles. The molecule has 3 aliphatic rings. The number of hydrogen-bond donors (Lipinski definition) is 0. The quantitative estimate of drug-likeness (QED) is 0.362. The van der Waals surface area contributed by atoms with Gasteiger partial charge in [-0.3, -0.25) is 0 Å². The second-order valence-electron chi connectivity index (χ2n) is 5.04. The van der Waals surface area contributed by atoms with E-state index >= 15 is 0 Å². The van der Waals surface area contributed by atoms with Crippen LogP contribution < -0.4 is 0 Å². The first-order valence-corrected chi connectivity index (χ1v) is 4.77. The second-order valence-corrected chi connectivity index (χ2v) is 5.04. The maximum atomic E-state index is 2.71. The van der Waals surface area contributed by atoms with Crippen LogP contribution in [0.15, 0.2) is 0 Å². The van der Waals surface area contributed by atoms with Gasteiger partial charge < -0.3 is 4.48 Å². The molecule has 3 fully saturated rings. The normalized spacial score (nSPS) is 57.3. The van der Waals surface area contributed by atoms with E-state index in [2.05, 4.69) is 19.0 Å². The number of fused-ring (bicyclic) bond motifs is 3. The zero-order valence-electron chi connectivity index (χ0n) is 7.45. The highest BCUT2D eigenvalue weighted by Crippen LogP contribution is 2.46. The summed E-state index contributed by atoms with van der Waals surface area (Å²) in [6, 6.07) is 1.01. The lowest BCUT2D eigenvalue weighted by Gasteiger charge is -2.47. The van der Waals surface area contributed by atoms with E-state index in [0.29, 0.717) is 0 Å². The van der Waals surface area contributed by atoms with Crippen molar-refractivity contribution in [2.75, 3.05) is 27.2 Å². The fourth-order valence-corrected chi connectivity index (χ4v) is 3.05. The molecule has 0 amide bonds. The SMILES string of the molecule is C[N+]1(C)CC2CCC2N2CC21. The van der Waals surface area contributed by atoms with Crippen LogP contribution in [0.2, 0.25) is 0 Å². The molecule has 2 saturated heterocycles. The van der Waals surface area contributed by atoms with E-state index in [-0.39, 0.29) is 0 Å². The highest BCUT2D eigenvalue weighted by atomic mass is 15.6. The summed E-state index contributed by atoms with van der Waals surface area (Å²) >= 11 is 0. The van der Waals surface area contributed by atoms with Crippen molar-refractivity contribution in [1.82, 2.24) is 4.90 Å². The second kappa shape index (κ2) is 1.64. The van der Waals surface area contributed by atoms with Crippen LogP contribution in [-0.2, 0) is 0 Å². The van der Waals surface area contributed by atoms with E-state index in [1.807, 2.05) is 0 Å². The lowest BCUT2D eigenvalue weighted by Crippen LogP contribution is -2.59. The lowest BCUT2D eigenvalue weighted by molar-refractivity contribution is -0.916. The molecule has 0 N–H and O–H groups in total. The van der Waals surface area contributed by atoms with Crippen molar-refractivity contribution in [3.8, 4) is 0 Å². The zero-order valence-corrected chi connectivity index (χ0v) is 7.45. The number of quaternary nitrogens is 1. The Morgan fingerprint density at radius 2 is 2.09 bits per heavy atom. The number of rotatable bonds is 0. The van der Waals surface area contributed by atoms with E-state index in [9.17, 15) is 0 Å². The Hall–Kier alpha value is -0.0800. The van der Waals surface area contributed by atoms with Crippen molar-refractivity contribution in [3.63, 3.8) is 0 Å². The Morgan fingerprint density at radius 1 is 1.27 bits per heavy atom. The number of likely N-dealkylation sites (N-methyl/N-ethyl adjacent to an activating group) is 1. The summed E-state index contributed by atoms with van der Waals surface area (Å²) in [5.74, 6) is 1.05. The summed E-state index contributed by atoms with van der Waals surface area (Å²) in [7, 11) is 4.78. The molecule has 2 aliphatic heterocycles. The molecule has 62 valence electrons. The molecular formula is C9H17N2+. The van der Waals surface area contributed by atoms with Crippen molar-refractivity contribution in [3.05, 3.63) is 0 Å². The van der Waals surface area contributed by atoms with Crippen molar-refractivity contribution < 1.29 is 4.48 Å². The molecule has 3 rings (SSSR count). The minimum absolute atomic E-state index is 0.900. The van der Waals surface area contributed by atoms with Crippen molar-refractivity contribution >= 4 is 0 Å².